The van der Waals surface area contributed by atoms with Crippen LogP contribution in [0.4, 0.5) is 0 Å². The summed E-state index contributed by atoms with van der Waals surface area (Å²) in [4.78, 5) is 0. The fraction of sp³-hybridized carbons (Fsp3) is 0.167. The molecule has 0 saturated carbocycles. The lowest BCUT2D eigenvalue weighted by Gasteiger charge is -2.03. The molecule has 1 heterocycles. The average Bonchev–Trinajstić information content (AvgIpc) is 3.03. The topological polar surface area (TPSA) is 80.4 Å². The maximum Gasteiger partial charge on any atom is 0.161 e. The summed E-state index contributed by atoms with van der Waals surface area (Å²) in [5.41, 5.74) is 2.92. The van der Waals surface area contributed by atoms with E-state index in [9.17, 15) is 8.42 Å². The molecule has 3 rings (SSSR count). The molecular weight excluding hydrogens is 326 g/mol. The van der Waals surface area contributed by atoms with Gasteiger partial charge in [0.05, 0.1) is 12.4 Å². The van der Waals surface area contributed by atoms with Gasteiger partial charge in [-0.15, -0.1) is 0 Å². The highest BCUT2D eigenvalue weighted by Crippen LogP contribution is 2.21. The maximum absolute atomic E-state index is 12.3. The molecule has 2 aromatic carbocycles. The van der Waals surface area contributed by atoms with Crippen LogP contribution >= 0.6 is 0 Å². The van der Waals surface area contributed by atoms with Crippen molar-refractivity contribution < 1.29 is 18.0 Å². The summed E-state index contributed by atoms with van der Waals surface area (Å²) >= 11 is 0. The predicted octanol–water partition coefficient (Wildman–Crippen LogP) is 2.95. The van der Waals surface area contributed by atoms with E-state index in [2.05, 4.69) is 5.16 Å². The second kappa shape index (κ2) is 6.98. The fourth-order valence-electron chi connectivity index (χ4n) is 2.39. The Morgan fingerprint density at radius 3 is 2.25 bits per heavy atom. The van der Waals surface area contributed by atoms with Crippen molar-refractivity contribution in [3.8, 4) is 11.3 Å². The molecule has 6 heteroatoms. The first kappa shape index (κ1) is 16.4. The largest absolute Gasteiger partial charge is 0.392 e. The van der Waals surface area contributed by atoms with Crippen LogP contribution in [0.25, 0.3) is 11.3 Å². The maximum atomic E-state index is 12.3. The summed E-state index contributed by atoms with van der Waals surface area (Å²) < 4.78 is 29.8. The fourth-order valence-corrected chi connectivity index (χ4v) is 3.76. The average molecular weight is 343 g/mol. The zero-order valence-electron chi connectivity index (χ0n) is 12.9. The summed E-state index contributed by atoms with van der Waals surface area (Å²) in [6.45, 7) is -0.0621. The van der Waals surface area contributed by atoms with Crippen LogP contribution < -0.4 is 0 Å². The Hall–Kier alpha value is -2.44. The Morgan fingerprint density at radius 1 is 0.917 bits per heavy atom. The molecule has 1 aromatic heterocycles. The predicted molar refractivity (Wildman–Crippen MR) is 90.6 cm³/mol. The van der Waals surface area contributed by atoms with Gasteiger partial charge in [-0.2, -0.15) is 0 Å². The molecule has 0 aliphatic rings. The van der Waals surface area contributed by atoms with Crippen LogP contribution in [0.3, 0.4) is 0 Å². The van der Waals surface area contributed by atoms with Crippen molar-refractivity contribution in [2.24, 2.45) is 0 Å². The molecule has 0 aliphatic heterocycles. The van der Waals surface area contributed by atoms with Crippen molar-refractivity contribution in [2.75, 3.05) is 0 Å². The number of rotatable bonds is 6. The summed E-state index contributed by atoms with van der Waals surface area (Å²) in [5, 5.41) is 12.9. The number of hydrogen-bond donors (Lipinski definition) is 1. The number of aliphatic hydroxyl groups is 1. The molecule has 1 N–H and O–H groups in total. The van der Waals surface area contributed by atoms with Gasteiger partial charge >= 0.3 is 0 Å². The van der Waals surface area contributed by atoms with Crippen molar-refractivity contribution in [1.29, 1.82) is 0 Å². The van der Waals surface area contributed by atoms with E-state index in [0.29, 0.717) is 17.0 Å². The molecule has 5 nitrogen and oxygen atoms in total. The number of nitrogens with zero attached hydrogens (tertiary/aromatic N) is 1. The smallest absolute Gasteiger partial charge is 0.161 e. The second-order valence-corrected chi connectivity index (χ2v) is 7.62. The third-order valence-electron chi connectivity index (χ3n) is 3.58. The van der Waals surface area contributed by atoms with Gasteiger partial charge in [-0.1, -0.05) is 59.8 Å². The highest BCUT2D eigenvalue weighted by atomic mass is 32.2. The molecule has 0 aliphatic carbocycles. The van der Waals surface area contributed by atoms with E-state index in [1.165, 1.54) is 0 Å². The van der Waals surface area contributed by atoms with Gasteiger partial charge in [0.2, 0.25) is 0 Å². The molecule has 0 amide bonds. The standard InChI is InChI=1S/C18H17NO4S/c20-11-14-6-8-15(9-7-14)12-24(21,22)13-17-10-18(19-23-17)16-4-2-1-3-5-16/h1-10,20H,11-13H2. The van der Waals surface area contributed by atoms with Crippen molar-refractivity contribution in [3.63, 3.8) is 0 Å². The van der Waals surface area contributed by atoms with Crippen LogP contribution in [0.1, 0.15) is 16.9 Å². The van der Waals surface area contributed by atoms with Gasteiger partial charge in [-0.25, -0.2) is 8.42 Å². The van der Waals surface area contributed by atoms with Crippen LogP contribution in [-0.4, -0.2) is 18.7 Å². The monoisotopic (exact) mass is 343 g/mol. The lowest BCUT2D eigenvalue weighted by atomic mass is 10.1. The third-order valence-corrected chi connectivity index (χ3v) is 5.08. The van der Waals surface area contributed by atoms with Gasteiger partial charge in [0.1, 0.15) is 11.4 Å². The second-order valence-electron chi connectivity index (χ2n) is 5.55. The number of aliphatic hydroxyl groups excluding tert-OH is 1. The molecule has 0 atom stereocenters. The van der Waals surface area contributed by atoms with Gasteiger partial charge in [-0.05, 0) is 11.1 Å². The molecular formula is C18H17NO4S. The number of hydrogen-bond acceptors (Lipinski definition) is 5. The molecule has 0 unspecified atom stereocenters. The van der Waals surface area contributed by atoms with Gasteiger partial charge in [0, 0.05) is 11.6 Å². The normalized spacial score (nSPS) is 11.5. The van der Waals surface area contributed by atoms with Gasteiger partial charge in [0.15, 0.2) is 15.6 Å². The van der Waals surface area contributed by atoms with E-state index in [4.69, 9.17) is 9.63 Å². The molecule has 3 aromatic rings. The van der Waals surface area contributed by atoms with Crippen LogP contribution in [0.2, 0.25) is 0 Å². The number of sulfone groups is 1. The lowest BCUT2D eigenvalue weighted by molar-refractivity contribution is 0.282. The molecule has 0 radical (unpaired) electrons. The van der Waals surface area contributed by atoms with Crippen LogP contribution in [0, 0.1) is 0 Å². The van der Waals surface area contributed by atoms with Crippen molar-refractivity contribution >= 4 is 9.84 Å². The SMILES string of the molecule is O=S(=O)(Cc1ccc(CO)cc1)Cc1cc(-c2ccccc2)no1. The summed E-state index contributed by atoms with van der Waals surface area (Å²) in [5.74, 6) is 0.0371. The zero-order valence-corrected chi connectivity index (χ0v) is 13.7. The van der Waals surface area contributed by atoms with Gasteiger partial charge in [0.25, 0.3) is 0 Å². The van der Waals surface area contributed by atoms with Crippen LogP contribution in [0.5, 0.6) is 0 Å². The highest BCUT2D eigenvalue weighted by Gasteiger charge is 2.17. The minimum absolute atomic E-state index is 0.0621. The minimum atomic E-state index is -3.37. The molecule has 0 spiro atoms. The molecule has 0 bridgehead atoms. The Balaban J connectivity index is 1.71. The van der Waals surface area contributed by atoms with Crippen molar-refractivity contribution in [1.82, 2.24) is 5.16 Å². The van der Waals surface area contributed by atoms with E-state index < -0.39 is 9.84 Å². The van der Waals surface area contributed by atoms with E-state index in [1.807, 2.05) is 30.3 Å². The Morgan fingerprint density at radius 2 is 1.58 bits per heavy atom. The summed E-state index contributed by atoms with van der Waals surface area (Å²) in [6.07, 6.45) is 0. The first-order valence-corrected chi connectivity index (χ1v) is 9.28. The zero-order chi connectivity index (χ0) is 17.0. The molecule has 124 valence electrons. The lowest BCUT2D eigenvalue weighted by Crippen LogP contribution is -2.07. The van der Waals surface area contributed by atoms with Gasteiger partial charge in [-0.3, -0.25) is 0 Å². The molecule has 0 fully saturated rings. The molecule has 24 heavy (non-hydrogen) atoms. The Labute approximate surface area is 140 Å². The number of benzene rings is 2. The van der Waals surface area contributed by atoms with E-state index in [0.717, 1.165) is 11.1 Å². The van der Waals surface area contributed by atoms with Gasteiger partial charge < -0.3 is 9.63 Å². The summed E-state index contributed by atoms with van der Waals surface area (Å²) in [6, 6.07) is 17.9. The summed E-state index contributed by atoms with van der Waals surface area (Å²) in [7, 11) is -3.37. The first-order valence-electron chi connectivity index (χ1n) is 7.46. The molecule has 0 saturated heterocycles. The van der Waals surface area contributed by atoms with E-state index in [-0.39, 0.29) is 18.1 Å². The van der Waals surface area contributed by atoms with Crippen LogP contribution in [0.15, 0.2) is 65.2 Å². The van der Waals surface area contributed by atoms with E-state index >= 15 is 0 Å². The third kappa shape index (κ3) is 4.10. The quantitative estimate of drug-likeness (QED) is 0.744. The van der Waals surface area contributed by atoms with Crippen LogP contribution in [-0.2, 0) is 27.9 Å². The minimum Gasteiger partial charge on any atom is -0.392 e. The first-order chi connectivity index (χ1) is 11.6. The number of aromatic nitrogens is 1. The van der Waals surface area contributed by atoms with Crippen molar-refractivity contribution in [2.45, 2.75) is 18.1 Å². The van der Waals surface area contributed by atoms with E-state index in [1.54, 1.807) is 30.3 Å². The Kier molecular flexibility index (Phi) is 4.78. The Bertz CT molecular complexity index is 900. The highest BCUT2D eigenvalue weighted by molar-refractivity contribution is 7.89. The van der Waals surface area contributed by atoms with Crippen molar-refractivity contribution in [3.05, 3.63) is 77.6 Å².